The van der Waals surface area contributed by atoms with Gasteiger partial charge in [-0.2, -0.15) is 0 Å². The number of hydrogen-bond donors (Lipinski definition) is 0. The molecule has 5 heteroatoms. The Kier molecular flexibility index (Phi) is 3.50. The first-order valence-electron chi connectivity index (χ1n) is 5.60. The average molecular weight is 250 g/mol. The van der Waals surface area contributed by atoms with Gasteiger partial charge in [0, 0.05) is 24.4 Å². The first-order valence-corrected chi connectivity index (χ1v) is 5.60. The molecule has 1 aromatic carbocycles. The fraction of sp³-hybridized carbons (Fsp3) is 0.231. The number of carbonyl (C=O) groups excluding carboxylic acids is 1. The zero-order chi connectivity index (χ0) is 13.1. The first kappa shape index (κ1) is 12.4. The maximum absolute atomic E-state index is 13.0. The summed E-state index contributed by atoms with van der Waals surface area (Å²) in [5.41, 5.74) is 0.157. The van der Waals surface area contributed by atoms with Crippen molar-refractivity contribution < 1.29 is 13.6 Å². The van der Waals surface area contributed by atoms with E-state index in [4.69, 9.17) is 0 Å². The van der Waals surface area contributed by atoms with Crippen molar-refractivity contribution in [3.8, 4) is 0 Å². The van der Waals surface area contributed by atoms with E-state index in [-0.39, 0.29) is 17.9 Å². The van der Waals surface area contributed by atoms with Crippen LogP contribution in [0.1, 0.15) is 23.1 Å². The van der Waals surface area contributed by atoms with Gasteiger partial charge in [-0.25, -0.2) is 13.8 Å². The molecule has 2 rings (SSSR count). The van der Waals surface area contributed by atoms with Crippen LogP contribution in [0, 0.1) is 11.6 Å². The molecular weight excluding hydrogens is 238 g/mol. The van der Waals surface area contributed by atoms with Gasteiger partial charge in [0.1, 0.15) is 5.82 Å². The molecule has 1 heterocycles. The highest BCUT2D eigenvalue weighted by Crippen LogP contribution is 2.11. The van der Waals surface area contributed by atoms with Crippen molar-refractivity contribution in [2.24, 2.45) is 0 Å². The van der Waals surface area contributed by atoms with Crippen molar-refractivity contribution in [1.82, 2.24) is 9.55 Å². The Balaban J connectivity index is 2.19. The van der Waals surface area contributed by atoms with Crippen LogP contribution in [-0.2, 0) is 13.0 Å². The number of carbonyl (C=O) groups is 1. The second-order valence-corrected chi connectivity index (χ2v) is 3.88. The number of halogens is 2. The predicted octanol–water partition coefficient (Wildman–Crippen LogP) is 2.61. The molecule has 0 aliphatic heterocycles. The number of ketones is 1. The number of Topliss-reactive ketones (excluding diaryl/α,β-unsaturated/α-hetero) is 1. The fourth-order valence-corrected chi connectivity index (χ4v) is 1.71. The van der Waals surface area contributed by atoms with Crippen LogP contribution in [0.5, 0.6) is 0 Å². The molecular formula is C13H12F2N2O. The molecule has 0 bridgehead atoms. The third-order valence-corrected chi connectivity index (χ3v) is 2.67. The van der Waals surface area contributed by atoms with E-state index in [0.717, 1.165) is 18.0 Å². The van der Waals surface area contributed by atoms with Crippen LogP contribution in [-0.4, -0.2) is 15.3 Å². The Bertz CT molecular complexity index is 578. The molecule has 0 fully saturated rings. The minimum Gasteiger partial charge on any atom is -0.327 e. The van der Waals surface area contributed by atoms with Gasteiger partial charge in [0.2, 0.25) is 0 Å². The van der Waals surface area contributed by atoms with Crippen LogP contribution in [0.2, 0.25) is 0 Å². The van der Waals surface area contributed by atoms with Crippen LogP contribution in [0.15, 0.2) is 30.6 Å². The molecule has 0 aliphatic rings. The molecule has 0 aliphatic carbocycles. The van der Waals surface area contributed by atoms with Crippen molar-refractivity contribution in [2.45, 2.75) is 19.9 Å². The molecule has 0 saturated heterocycles. The van der Waals surface area contributed by atoms with Gasteiger partial charge in [-0.15, -0.1) is 0 Å². The highest BCUT2D eigenvalue weighted by molar-refractivity contribution is 5.95. The minimum absolute atomic E-state index is 0.0776. The summed E-state index contributed by atoms with van der Waals surface area (Å²) in [6.45, 7) is 2.01. The average Bonchev–Trinajstić information content (AvgIpc) is 2.79. The summed E-state index contributed by atoms with van der Waals surface area (Å²) in [5, 5.41) is 0. The quantitative estimate of drug-likeness (QED) is 0.782. The normalized spacial score (nSPS) is 10.6. The number of imidazole rings is 1. The van der Waals surface area contributed by atoms with E-state index in [9.17, 15) is 13.6 Å². The molecule has 0 saturated carbocycles. The van der Waals surface area contributed by atoms with Crippen molar-refractivity contribution in [2.75, 3.05) is 0 Å². The number of rotatable bonds is 4. The Morgan fingerprint density at radius 3 is 2.78 bits per heavy atom. The lowest BCUT2D eigenvalue weighted by atomic mass is 10.1. The van der Waals surface area contributed by atoms with Crippen LogP contribution in [0.4, 0.5) is 8.78 Å². The monoisotopic (exact) mass is 250 g/mol. The third-order valence-electron chi connectivity index (χ3n) is 2.67. The third kappa shape index (κ3) is 2.45. The Hall–Kier alpha value is -2.04. The van der Waals surface area contributed by atoms with Gasteiger partial charge in [0.15, 0.2) is 17.4 Å². The molecule has 2 aromatic rings. The van der Waals surface area contributed by atoms with Crippen molar-refractivity contribution in [3.63, 3.8) is 0 Å². The zero-order valence-electron chi connectivity index (χ0n) is 9.86. The van der Waals surface area contributed by atoms with E-state index in [1.165, 1.54) is 6.07 Å². The van der Waals surface area contributed by atoms with Gasteiger partial charge in [-0.05, 0) is 18.2 Å². The van der Waals surface area contributed by atoms with Gasteiger partial charge in [-0.3, -0.25) is 4.79 Å². The van der Waals surface area contributed by atoms with Crippen LogP contribution < -0.4 is 0 Å². The number of benzene rings is 1. The molecule has 18 heavy (non-hydrogen) atoms. The number of aromatic nitrogens is 2. The topological polar surface area (TPSA) is 34.9 Å². The molecule has 0 spiro atoms. The van der Waals surface area contributed by atoms with E-state index in [1.54, 1.807) is 17.0 Å². The Morgan fingerprint density at radius 2 is 2.11 bits per heavy atom. The maximum atomic E-state index is 13.0. The summed E-state index contributed by atoms with van der Waals surface area (Å²) in [6, 6.07) is 3.15. The first-order chi connectivity index (χ1) is 8.61. The molecule has 0 N–H and O–H groups in total. The van der Waals surface area contributed by atoms with Crippen molar-refractivity contribution in [1.29, 1.82) is 0 Å². The summed E-state index contributed by atoms with van der Waals surface area (Å²) in [6.07, 6.45) is 4.01. The summed E-state index contributed by atoms with van der Waals surface area (Å²) < 4.78 is 27.5. The summed E-state index contributed by atoms with van der Waals surface area (Å²) in [7, 11) is 0. The fourth-order valence-electron chi connectivity index (χ4n) is 1.71. The van der Waals surface area contributed by atoms with Crippen LogP contribution >= 0.6 is 0 Å². The molecule has 0 unspecified atom stereocenters. The lowest BCUT2D eigenvalue weighted by molar-refractivity contribution is 0.0970. The summed E-state index contributed by atoms with van der Waals surface area (Å²) in [5.74, 6) is -1.46. The lowest BCUT2D eigenvalue weighted by Gasteiger charge is -2.06. The molecule has 0 radical (unpaired) electrons. The van der Waals surface area contributed by atoms with Crippen molar-refractivity contribution >= 4 is 5.78 Å². The lowest BCUT2D eigenvalue weighted by Crippen LogP contribution is -2.12. The summed E-state index contributed by atoms with van der Waals surface area (Å²) >= 11 is 0. The largest absolute Gasteiger partial charge is 0.327 e. The molecule has 0 atom stereocenters. The molecule has 94 valence electrons. The smallest absolute Gasteiger partial charge is 0.182 e. The number of nitrogens with zero attached hydrogens (tertiary/aromatic N) is 2. The highest BCUT2D eigenvalue weighted by Gasteiger charge is 2.11. The zero-order valence-corrected chi connectivity index (χ0v) is 9.86. The predicted molar refractivity (Wildman–Crippen MR) is 62.3 cm³/mol. The minimum atomic E-state index is -1.01. The molecule has 3 nitrogen and oxygen atoms in total. The van der Waals surface area contributed by atoms with Gasteiger partial charge in [0.25, 0.3) is 0 Å². The van der Waals surface area contributed by atoms with Crippen LogP contribution in [0.3, 0.4) is 0 Å². The van der Waals surface area contributed by atoms with Crippen molar-refractivity contribution in [3.05, 3.63) is 53.6 Å². The van der Waals surface area contributed by atoms with E-state index >= 15 is 0 Å². The number of aryl methyl sites for hydroxylation is 1. The number of hydrogen-bond acceptors (Lipinski definition) is 2. The SMILES string of the molecule is CCc1nccn1CC(=O)c1ccc(F)c(F)c1. The second-order valence-electron chi connectivity index (χ2n) is 3.88. The van der Waals surface area contributed by atoms with Gasteiger partial charge >= 0.3 is 0 Å². The van der Waals surface area contributed by atoms with E-state index in [0.29, 0.717) is 6.42 Å². The highest BCUT2D eigenvalue weighted by atomic mass is 19.2. The Morgan fingerprint density at radius 1 is 1.33 bits per heavy atom. The van der Waals surface area contributed by atoms with Gasteiger partial charge < -0.3 is 4.57 Å². The van der Waals surface area contributed by atoms with Crippen LogP contribution in [0.25, 0.3) is 0 Å². The maximum Gasteiger partial charge on any atom is 0.182 e. The molecule has 0 amide bonds. The van der Waals surface area contributed by atoms with E-state index in [2.05, 4.69) is 4.98 Å². The van der Waals surface area contributed by atoms with E-state index < -0.39 is 11.6 Å². The van der Waals surface area contributed by atoms with E-state index in [1.807, 2.05) is 6.92 Å². The van der Waals surface area contributed by atoms with Gasteiger partial charge in [-0.1, -0.05) is 6.92 Å². The van der Waals surface area contributed by atoms with Gasteiger partial charge in [0.05, 0.1) is 6.54 Å². The molecule has 1 aromatic heterocycles. The Labute approximate surface area is 103 Å². The summed E-state index contributed by atoms with van der Waals surface area (Å²) in [4.78, 5) is 16.0. The standard InChI is InChI=1S/C13H12F2N2O/c1-2-13-16-5-6-17(13)8-12(18)9-3-4-10(14)11(15)7-9/h3-7H,2,8H2,1H3. The second kappa shape index (κ2) is 5.08.